The van der Waals surface area contributed by atoms with Crippen molar-refractivity contribution in [3.63, 3.8) is 0 Å². The minimum absolute atomic E-state index is 0. The van der Waals surface area contributed by atoms with Crippen LogP contribution in [-0.2, 0) is 19.1 Å². The van der Waals surface area contributed by atoms with Gasteiger partial charge in [-0.2, -0.15) is 10.2 Å². The topological polar surface area (TPSA) is 112 Å². The van der Waals surface area contributed by atoms with E-state index in [1.165, 1.54) is 14.2 Å². The Labute approximate surface area is 101 Å². The summed E-state index contributed by atoms with van der Waals surface area (Å²) in [7, 11) is 2.54. The number of nitrogens with zero attached hydrogens (tertiary/aromatic N) is 2. The highest BCUT2D eigenvalue weighted by Gasteiger charge is 2.33. The quantitative estimate of drug-likeness (QED) is 0.597. The molecular weight excluding hydrogens is 226 g/mol. The van der Waals surface area contributed by atoms with Gasteiger partial charge in [-0.05, 0) is 27.7 Å². The van der Waals surface area contributed by atoms with Gasteiger partial charge in [0.25, 0.3) is 0 Å². The van der Waals surface area contributed by atoms with E-state index in [0.29, 0.717) is 0 Å². The van der Waals surface area contributed by atoms with Crippen LogP contribution in [0.1, 0.15) is 27.7 Å². The Hall–Kier alpha value is -1.50. The van der Waals surface area contributed by atoms with Crippen molar-refractivity contribution in [2.45, 2.75) is 38.8 Å². The van der Waals surface area contributed by atoms with Crippen molar-refractivity contribution in [1.29, 1.82) is 0 Å². The van der Waals surface area contributed by atoms with E-state index in [4.69, 9.17) is 0 Å². The lowest BCUT2D eigenvalue weighted by Crippen LogP contribution is -2.34. The summed E-state index contributed by atoms with van der Waals surface area (Å²) in [5, 5.41) is 7.63. The van der Waals surface area contributed by atoms with Crippen molar-refractivity contribution in [2.75, 3.05) is 14.2 Å². The minimum Gasteiger partial charge on any atom is -0.467 e. The van der Waals surface area contributed by atoms with Gasteiger partial charge >= 0.3 is 11.9 Å². The van der Waals surface area contributed by atoms with Gasteiger partial charge in [0.15, 0.2) is 11.1 Å². The molecule has 0 rings (SSSR count). The van der Waals surface area contributed by atoms with Gasteiger partial charge in [0, 0.05) is 0 Å². The summed E-state index contributed by atoms with van der Waals surface area (Å²) in [5.41, 5.74) is -2.22. The van der Waals surface area contributed by atoms with E-state index in [1.54, 1.807) is 27.7 Å². The molecule has 100 valence electrons. The molecule has 0 fully saturated rings. The highest BCUT2D eigenvalue weighted by molar-refractivity contribution is 5.81. The van der Waals surface area contributed by atoms with Gasteiger partial charge in [-0.15, -0.1) is 0 Å². The predicted octanol–water partition coefficient (Wildman–Crippen LogP) is 1.50. The normalized spacial score (nSPS) is 11.9. The maximum atomic E-state index is 11.3. The molecule has 7 heteroatoms. The van der Waals surface area contributed by atoms with E-state index < -0.39 is 23.0 Å². The van der Waals surface area contributed by atoms with Gasteiger partial charge in [0.05, 0.1) is 14.2 Å². The van der Waals surface area contributed by atoms with Crippen LogP contribution in [0.15, 0.2) is 10.2 Å². The number of azo groups is 1. The second-order valence-corrected chi connectivity index (χ2v) is 4.30. The van der Waals surface area contributed by atoms with Crippen molar-refractivity contribution in [1.82, 2.24) is 6.15 Å². The summed E-state index contributed by atoms with van der Waals surface area (Å²) in [4.78, 5) is 22.6. The number of rotatable bonds is 4. The molecule has 7 nitrogen and oxygen atoms in total. The number of carbonyl (C=O) groups excluding carboxylic acids is 2. The van der Waals surface area contributed by atoms with Crippen molar-refractivity contribution < 1.29 is 19.1 Å². The molecule has 0 spiro atoms. The lowest BCUT2D eigenvalue weighted by Gasteiger charge is -2.19. The monoisotopic (exact) mass is 247 g/mol. The summed E-state index contributed by atoms with van der Waals surface area (Å²) < 4.78 is 9.12. The van der Waals surface area contributed by atoms with Crippen LogP contribution in [0.4, 0.5) is 0 Å². The molecule has 17 heavy (non-hydrogen) atoms. The molecule has 0 unspecified atom stereocenters. The number of hydrogen-bond donors (Lipinski definition) is 1. The third kappa shape index (κ3) is 4.90. The van der Waals surface area contributed by atoms with Crippen LogP contribution in [0, 0.1) is 0 Å². The van der Waals surface area contributed by atoms with Crippen molar-refractivity contribution in [3.05, 3.63) is 0 Å². The SMILES string of the molecule is COC(=O)C(C)(C)N=NC(C)(C)C(=O)OC.N. The first kappa shape index (κ1) is 17.9. The standard InChI is InChI=1S/C10H18N2O4.H3N/c1-9(2,7(13)15-5)11-12-10(3,4)8(14)16-6;/h1-6H3;1H3. The molecule has 0 aromatic carbocycles. The van der Waals surface area contributed by atoms with E-state index >= 15 is 0 Å². The molecule has 0 aromatic rings. The summed E-state index contributed by atoms with van der Waals surface area (Å²) in [6.45, 7) is 6.21. The molecule has 0 aliphatic heterocycles. The molecular formula is C10H21N3O4. The average molecular weight is 247 g/mol. The third-order valence-corrected chi connectivity index (χ3v) is 1.92. The Morgan fingerprint density at radius 3 is 1.24 bits per heavy atom. The second kappa shape index (κ2) is 6.29. The van der Waals surface area contributed by atoms with Gasteiger partial charge < -0.3 is 15.6 Å². The molecule has 3 N–H and O–H groups in total. The van der Waals surface area contributed by atoms with E-state index in [1.807, 2.05) is 0 Å². The predicted molar refractivity (Wildman–Crippen MR) is 62.1 cm³/mol. The van der Waals surface area contributed by atoms with E-state index in [0.717, 1.165) is 0 Å². The maximum Gasteiger partial charge on any atom is 0.335 e. The number of carbonyl (C=O) groups is 2. The van der Waals surface area contributed by atoms with E-state index in [2.05, 4.69) is 19.7 Å². The summed E-state index contributed by atoms with van der Waals surface area (Å²) in [5.74, 6) is -1.03. The fraction of sp³-hybridized carbons (Fsp3) is 0.800. The van der Waals surface area contributed by atoms with E-state index in [-0.39, 0.29) is 6.15 Å². The Balaban J connectivity index is 0. The highest BCUT2D eigenvalue weighted by Crippen LogP contribution is 2.17. The largest absolute Gasteiger partial charge is 0.467 e. The molecule has 0 aliphatic carbocycles. The van der Waals surface area contributed by atoms with Crippen molar-refractivity contribution in [3.8, 4) is 0 Å². The lowest BCUT2D eigenvalue weighted by atomic mass is 10.1. The van der Waals surface area contributed by atoms with Crippen LogP contribution >= 0.6 is 0 Å². The first-order valence-electron chi connectivity index (χ1n) is 4.78. The van der Waals surface area contributed by atoms with Gasteiger partial charge in [-0.1, -0.05) is 0 Å². The van der Waals surface area contributed by atoms with Crippen LogP contribution in [-0.4, -0.2) is 37.2 Å². The molecule has 0 atom stereocenters. The van der Waals surface area contributed by atoms with Gasteiger partial charge in [-0.3, -0.25) is 0 Å². The molecule has 0 radical (unpaired) electrons. The zero-order valence-electron chi connectivity index (χ0n) is 11.2. The third-order valence-electron chi connectivity index (χ3n) is 1.92. The molecule has 0 aromatic heterocycles. The fourth-order valence-corrected chi connectivity index (χ4v) is 0.831. The summed E-state index contributed by atoms with van der Waals surface area (Å²) >= 11 is 0. The minimum atomic E-state index is -1.11. The molecule has 0 heterocycles. The molecule has 0 saturated heterocycles. The first-order valence-corrected chi connectivity index (χ1v) is 4.78. The molecule has 0 bridgehead atoms. The maximum absolute atomic E-state index is 11.3. The Bertz CT molecular complexity index is 281. The summed E-state index contributed by atoms with van der Waals surface area (Å²) in [6, 6.07) is 0. The zero-order valence-corrected chi connectivity index (χ0v) is 11.2. The molecule has 0 saturated carbocycles. The van der Waals surface area contributed by atoms with Crippen LogP contribution in [0.25, 0.3) is 0 Å². The second-order valence-electron chi connectivity index (χ2n) is 4.30. The lowest BCUT2D eigenvalue weighted by molar-refractivity contribution is -0.148. The van der Waals surface area contributed by atoms with Crippen LogP contribution in [0.3, 0.4) is 0 Å². The summed E-state index contributed by atoms with van der Waals surface area (Å²) in [6.07, 6.45) is 0. The average Bonchev–Trinajstić information content (AvgIpc) is 2.24. The number of ether oxygens (including phenoxy) is 2. The van der Waals surface area contributed by atoms with E-state index in [9.17, 15) is 9.59 Å². The number of methoxy groups -OCH3 is 2. The van der Waals surface area contributed by atoms with Crippen LogP contribution in [0.5, 0.6) is 0 Å². The Morgan fingerprint density at radius 1 is 0.824 bits per heavy atom. The first-order chi connectivity index (χ1) is 7.17. The Kier molecular flexibility index (Phi) is 6.61. The fourth-order valence-electron chi connectivity index (χ4n) is 0.831. The van der Waals surface area contributed by atoms with Crippen LogP contribution < -0.4 is 6.15 Å². The zero-order chi connectivity index (χ0) is 13.0. The van der Waals surface area contributed by atoms with Gasteiger partial charge in [-0.25, -0.2) is 9.59 Å². The number of hydrogen-bond acceptors (Lipinski definition) is 7. The smallest absolute Gasteiger partial charge is 0.335 e. The van der Waals surface area contributed by atoms with Crippen molar-refractivity contribution >= 4 is 11.9 Å². The van der Waals surface area contributed by atoms with Crippen LogP contribution in [0.2, 0.25) is 0 Å². The van der Waals surface area contributed by atoms with Gasteiger partial charge in [0.2, 0.25) is 0 Å². The number of esters is 2. The highest BCUT2D eigenvalue weighted by atomic mass is 16.5. The molecule has 0 amide bonds. The Morgan fingerprint density at radius 2 is 1.06 bits per heavy atom. The molecule has 0 aliphatic rings. The van der Waals surface area contributed by atoms with Gasteiger partial charge in [0.1, 0.15) is 0 Å². The van der Waals surface area contributed by atoms with Crippen molar-refractivity contribution in [2.24, 2.45) is 10.2 Å².